The SMILES string of the molecule is Cn1cnn(CC(CS)c2ccccc2)c1=O. The lowest BCUT2D eigenvalue weighted by Gasteiger charge is -2.13. The molecule has 0 amide bonds. The minimum absolute atomic E-state index is 0.0901. The van der Waals surface area contributed by atoms with Gasteiger partial charge >= 0.3 is 5.69 Å². The Bertz CT molecular complexity index is 532. The van der Waals surface area contributed by atoms with E-state index in [-0.39, 0.29) is 11.6 Å². The molecule has 1 unspecified atom stereocenters. The third-order valence-electron chi connectivity index (χ3n) is 2.77. The van der Waals surface area contributed by atoms with Crippen LogP contribution in [-0.2, 0) is 13.6 Å². The van der Waals surface area contributed by atoms with E-state index in [1.165, 1.54) is 21.1 Å². The molecule has 0 bridgehead atoms. The molecule has 2 aromatic rings. The van der Waals surface area contributed by atoms with Gasteiger partial charge in [0.15, 0.2) is 0 Å². The predicted molar refractivity (Wildman–Crippen MR) is 70.5 cm³/mol. The van der Waals surface area contributed by atoms with E-state index in [1.807, 2.05) is 18.2 Å². The van der Waals surface area contributed by atoms with Crippen molar-refractivity contribution in [3.8, 4) is 0 Å². The van der Waals surface area contributed by atoms with E-state index in [4.69, 9.17) is 0 Å². The van der Waals surface area contributed by atoms with Gasteiger partial charge in [0, 0.05) is 13.0 Å². The van der Waals surface area contributed by atoms with Gasteiger partial charge in [-0.05, 0) is 11.3 Å². The quantitative estimate of drug-likeness (QED) is 0.830. The highest BCUT2D eigenvalue weighted by Crippen LogP contribution is 2.18. The van der Waals surface area contributed by atoms with Gasteiger partial charge < -0.3 is 0 Å². The molecule has 90 valence electrons. The number of hydrogen-bond donors (Lipinski definition) is 1. The van der Waals surface area contributed by atoms with Crippen LogP contribution in [0.1, 0.15) is 11.5 Å². The first-order valence-electron chi connectivity index (χ1n) is 5.46. The third kappa shape index (κ3) is 2.61. The number of aromatic nitrogens is 3. The van der Waals surface area contributed by atoms with Crippen LogP contribution in [0, 0.1) is 0 Å². The Balaban J connectivity index is 2.22. The molecule has 0 fully saturated rings. The maximum absolute atomic E-state index is 11.7. The molecule has 0 aliphatic heterocycles. The minimum Gasteiger partial charge on any atom is -0.285 e. The van der Waals surface area contributed by atoms with Gasteiger partial charge in [-0.3, -0.25) is 4.57 Å². The molecule has 0 aliphatic rings. The normalized spacial score (nSPS) is 12.6. The van der Waals surface area contributed by atoms with E-state index in [0.29, 0.717) is 12.3 Å². The van der Waals surface area contributed by atoms with Crippen molar-refractivity contribution in [2.24, 2.45) is 7.05 Å². The Morgan fingerprint density at radius 1 is 1.35 bits per heavy atom. The van der Waals surface area contributed by atoms with E-state index in [1.54, 1.807) is 7.05 Å². The summed E-state index contributed by atoms with van der Waals surface area (Å²) in [6.07, 6.45) is 1.53. The molecular formula is C12H15N3OS. The average Bonchev–Trinajstić information content (AvgIpc) is 2.68. The summed E-state index contributed by atoms with van der Waals surface area (Å²) in [5.41, 5.74) is 1.09. The van der Waals surface area contributed by atoms with Crippen LogP contribution in [-0.4, -0.2) is 20.1 Å². The van der Waals surface area contributed by atoms with E-state index in [9.17, 15) is 4.79 Å². The third-order valence-corrected chi connectivity index (χ3v) is 3.21. The van der Waals surface area contributed by atoms with Crippen LogP contribution in [0.4, 0.5) is 0 Å². The molecular weight excluding hydrogens is 234 g/mol. The summed E-state index contributed by atoms with van der Waals surface area (Å²) in [6.45, 7) is 0.563. The van der Waals surface area contributed by atoms with Crippen molar-refractivity contribution >= 4 is 12.6 Å². The second-order valence-electron chi connectivity index (χ2n) is 4.00. The zero-order chi connectivity index (χ0) is 12.3. The zero-order valence-corrected chi connectivity index (χ0v) is 10.5. The Kier molecular flexibility index (Phi) is 3.68. The molecule has 1 heterocycles. The van der Waals surface area contributed by atoms with Crippen molar-refractivity contribution in [1.29, 1.82) is 0 Å². The fourth-order valence-corrected chi connectivity index (χ4v) is 2.07. The van der Waals surface area contributed by atoms with Gasteiger partial charge in [-0.25, -0.2) is 9.48 Å². The molecule has 1 aromatic heterocycles. The number of rotatable bonds is 4. The summed E-state index contributed by atoms with van der Waals surface area (Å²) in [4.78, 5) is 11.7. The summed E-state index contributed by atoms with van der Waals surface area (Å²) in [5, 5.41) is 4.06. The lowest BCUT2D eigenvalue weighted by Crippen LogP contribution is -2.26. The lowest BCUT2D eigenvalue weighted by atomic mass is 10.0. The Labute approximate surface area is 105 Å². The summed E-state index contributed by atoms with van der Waals surface area (Å²) < 4.78 is 2.95. The van der Waals surface area contributed by atoms with Crippen LogP contribution >= 0.6 is 12.6 Å². The molecule has 0 N–H and O–H groups in total. The van der Waals surface area contributed by atoms with Crippen molar-refractivity contribution in [2.45, 2.75) is 12.5 Å². The highest BCUT2D eigenvalue weighted by Gasteiger charge is 2.12. The van der Waals surface area contributed by atoms with Crippen molar-refractivity contribution in [2.75, 3.05) is 5.75 Å². The Hall–Kier alpha value is -1.49. The molecule has 1 aromatic carbocycles. The number of hydrogen-bond acceptors (Lipinski definition) is 3. The van der Waals surface area contributed by atoms with Crippen LogP contribution in [0.2, 0.25) is 0 Å². The van der Waals surface area contributed by atoms with Crippen LogP contribution < -0.4 is 5.69 Å². The van der Waals surface area contributed by atoms with Gasteiger partial charge in [0.25, 0.3) is 0 Å². The predicted octanol–water partition coefficient (Wildman–Crippen LogP) is 1.30. The monoisotopic (exact) mass is 249 g/mol. The molecule has 5 heteroatoms. The van der Waals surface area contributed by atoms with Gasteiger partial charge in [0.2, 0.25) is 0 Å². The topological polar surface area (TPSA) is 39.8 Å². The van der Waals surface area contributed by atoms with E-state index in [0.717, 1.165) is 0 Å². The maximum atomic E-state index is 11.7. The van der Waals surface area contributed by atoms with E-state index in [2.05, 4.69) is 29.9 Å². The van der Waals surface area contributed by atoms with Crippen LogP contribution in [0.5, 0.6) is 0 Å². The van der Waals surface area contributed by atoms with Crippen molar-refractivity contribution in [1.82, 2.24) is 14.3 Å². The molecule has 0 aliphatic carbocycles. The van der Waals surface area contributed by atoms with Crippen molar-refractivity contribution in [3.05, 3.63) is 52.7 Å². The van der Waals surface area contributed by atoms with Crippen LogP contribution in [0.3, 0.4) is 0 Å². The molecule has 0 spiro atoms. The first-order valence-corrected chi connectivity index (χ1v) is 6.10. The van der Waals surface area contributed by atoms with Crippen LogP contribution in [0.25, 0.3) is 0 Å². The van der Waals surface area contributed by atoms with Crippen molar-refractivity contribution < 1.29 is 0 Å². The maximum Gasteiger partial charge on any atom is 0.345 e. The standard InChI is InChI=1S/C12H15N3OS/c1-14-9-13-15(12(14)16)7-11(8-17)10-5-3-2-4-6-10/h2-6,9,11,17H,7-8H2,1H3. The Morgan fingerprint density at radius 2 is 2.06 bits per heavy atom. The molecule has 0 radical (unpaired) electrons. The lowest BCUT2D eigenvalue weighted by molar-refractivity contribution is 0.527. The first kappa shape index (κ1) is 12.0. The number of benzene rings is 1. The van der Waals surface area contributed by atoms with E-state index < -0.39 is 0 Å². The van der Waals surface area contributed by atoms with Gasteiger partial charge in [0.1, 0.15) is 6.33 Å². The molecule has 0 saturated heterocycles. The number of thiol groups is 1. The minimum atomic E-state index is -0.0901. The average molecular weight is 249 g/mol. The number of nitrogens with zero attached hydrogens (tertiary/aromatic N) is 3. The van der Waals surface area contributed by atoms with Gasteiger partial charge in [-0.1, -0.05) is 30.3 Å². The smallest absolute Gasteiger partial charge is 0.285 e. The zero-order valence-electron chi connectivity index (χ0n) is 9.65. The first-order chi connectivity index (χ1) is 8.22. The van der Waals surface area contributed by atoms with Crippen LogP contribution in [0.15, 0.2) is 41.5 Å². The summed E-state index contributed by atoms with van der Waals surface area (Å²) in [7, 11) is 1.70. The van der Waals surface area contributed by atoms with Gasteiger partial charge in [0.05, 0.1) is 6.54 Å². The Morgan fingerprint density at radius 3 is 2.59 bits per heavy atom. The summed E-state index contributed by atoms with van der Waals surface area (Å²) >= 11 is 4.35. The fourth-order valence-electron chi connectivity index (χ4n) is 1.75. The fraction of sp³-hybridized carbons (Fsp3) is 0.333. The van der Waals surface area contributed by atoms with Gasteiger partial charge in [-0.15, -0.1) is 0 Å². The molecule has 4 nitrogen and oxygen atoms in total. The van der Waals surface area contributed by atoms with E-state index >= 15 is 0 Å². The molecule has 0 saturated carbocycles. The second kappa shape index (κ2) is 5.23. The highest BCUT2D eigenvalue weighted by molar-refractivity contribution is 7.80. The summed E-state index contributed by atoms with van der Waals surface area (Å²) in [5.74, 6) is 0.889. The second-order valence-corrected chi connectivity index (χ2v) is 4.36. The van der Waals surface area contributed by atoms with Gasteiger partial charge in [-0.2, -0.15) is 17.7 Å². The largest absolute Gasteiger partial charge is 0.345 e. The molecule has 17 heavy (non-hydrogen) atoms. The molecule has 2 rings (SSSR count). The highest BCUT2D eigenvalue weighted by atomic mass is 32.1. The molecule has 1 atom stereocenters. The van der Waals surface area contributed by atoms with Crippen molar-refractivity contribution in [3.63, 3.8) is 0 Å². The summed E-state index contributed by atoms with van der Waals surface area (Å²) in [6, 6.07) is 10.1. The number of aryl methyl sites for hydroxylation is 1.